The summed E-state index contributed by atoms with van der Waals surface area (Å²) in [4.78, 5) is 12.2. The van der Waals surface area contributed by atoms with Crippen molar-refractivity contribution in [3.63, 3.8) is 0 Å². The monoisotopic (exact) mass is 430 g/mol. The molecule has 1 heterocycles. The van der Waals surface area contributed by atoms with Crippen LogP contribution in [0.15, 0.2) is 12.2 Å². The van der Waals surface area contributed by atoms with Gasteiger partial charge in [0.1, 0.15) is 0 Å². The molecule has 1 saturated heterocycles. The molecule has 5 fully saturated rings. The molecule has 4 heteroatoms. The molecule has 31 heavy (non-hydrogen) atoms. The first-order chi connectivity index (χ1) is 14.7. The molecule has 8 atom stereocenters. The molecule has 0 aromatic carbocycles. The molecule has 1 spiro atoms. The lowest BCUT2D eigenvalue weighted by Crippen LogP contribution is -2.60. The van der Waals surface area contributed by atoms with E-state index in [0.29, 0.717) is 42.8 Å². The third-order valence-corrected chi connectivity index (χ3v) is 10.6. The summed E-state index contributed by atoms with van der Waals surface area (Å²) in [5.74, 6) is 2.45. The Morgan fingerprint density at radius 3 is 2.42 bits per heavy atom. The first-order valence-electron chi connectivity index (χ1n) is 12.9. The van der Waals surface area contributed by atoms with Crippen LogP contribution in [0.3, 0.4) is 0 Å². The van der Waals surface area contributed by atoms with Gasteiger partial charge in [-0.15, -0.1) is 0 Å². The Hall–Kier alpha value is -0.710. The maximum absolute atomic E-state index is 12.2. The molecule has 0 bridgehead atoms. The van der Waals surface area contributed by atoms with Gasteiger partial charge in [-0.1, -0.05) is 33.8 Å². The summed E-state index contributed by atoms with van der Waals surface area (Å²) in [5.41, 5.74) is 0.500. The van der Waals surface area contributed by atoms with Crippen LogP contribution in [0.4, 0.5) is 0 Å². The number of ketones is 1. The lowest BCUT2D eigenvalue weighted by molar-refractivity contribution is -0.242. The molecule has 4 aliphatic carbocycles. The lowest BCUT2D eigenvalue weighted by Gasteiger charge is -2.63. The van der Waals surface area contributed by atoms with Crippen molar-refractivity contribution < 1.29 is 19.4 Å². The van der Waals surface area contributed by atoms with Crippen molar-refractivity contribution in [2.45, 2.75) is 91.0 Å². The topological polar surface area (TPSA) is 55.8 Å². The van der Waals surface area contributed by atoms with Crippen LogP contribution in [-0.2, 0) is 14.3 Å². The van der Waals surface area contributed by atoms with Gasteiger partial charge >= 0.3 is 0 Å². The van der Waals surface area contributed by atoms with Crippen molar-refractivity contribution in [2.75, 3.05) is 13.2 Å². The summed E-state index contributed by atoms with van der Waals surface area (Å²) in [6.45, 7) is 10.3. The van der Waals surface area contributed by atoms with Gasteiger partial charge in [-0.25, -0.2) is 0 Å². The van der Waals surface area contributed by atoms with E-state index in [-0.39, 0.29) is 34.4 Å². The minimum absolute atomic E-state index is 0.0662. The molecule has 4 saturated carbocycles. The summed E-state index contributed by atoms with van der Waals surface area (Å²) >= 11 is 0. The number of hydrogen-bond acceptors (Lipinski definition) is 4. The Kier molecular flexibility index (Phi) is 5.47. The van der Waals surface area contributed by atoms with E-state index in [1.807, 2.05) is 19.9 Å². The van der Waals surface area contributed by atoms with Gasteiger partial charge in [-0.05, 0) is 85.0 Å². The Bertz CT molecular complexity index is 738. The van der Waals surface area contributed by atoms with E-state index in [4.69, 9.17) is 9.47 Å². The van der Waals surface area contributed by atoms with E-state index in [1.165, 1.54) is 19.3 Å². The van der Waals surface area contributed by atoms with Gasteiger partial charge in [0, 0.05) is 18.8 Å². The standard InChI is InChI=1S/C27H42O4/c1-17(2)22(28)8-6-18-5-7-20-24-21(9-10-25(18,20)3)26(4)11-12-27(30-13-14-31-27)16-19(26)15-23(24)29/h6,8,17-21,23-24,29H,5,7,9-16H2,1-4H3/b8-6+/t18?,19-,20?,21?,23+,24?,25+,26-/m0/s1. The highest BCUT2D eigenvalue weighted by Gasteiger charge is 2.64. The highest BCUT2D eigenvalue weighted by Crippen LogP contribution is 2.68. The first kappa shape index (κ1) is 22.1. The van der Waals surface area contributed by atoms with E-state index in [1.54, 1.807) is 0 Å². The molecule has 0 aromatic rings. The highest BCUT2D eigenvalue weighted by atomic mass is 16.7. The Balaban J connectivity index is 1.37. The number of aliphatic hydroxyl groups excluding tert-OH is 1. The van der Waals surface area contributed by atoms with E-state index >= 15 is 0 Å². The summed E-state index contributed by atoms with van der Waals surface area (Å²) < 4.78 is 12.1. The number of carbonyl (C=O) groups is 1. The predicted molar refractivity (Wildman–Crippen MR) is 120 cm³/mol. The second-order valence-electron chi connectivity index (χ2n) is 12.3. The molecule has 4 unspecified atom stereocenters. The maximum Gasteiger partial charge on any atom is 0.168 e. The molecule has 1 aliphatic heterocycles. The van der Waals surface area contributed by atoms with Crippen LogP contribution in [0.5, 0.6) is 0 Å². The minimum atomic E-state index is -0.369. The van der Waals surface area contributed by atoms with E-state index in [2.05, 4.69) is 19.9 Å². The zero-order valence-corrected chi connectivity index (χ0v) is 19.9. The SMILES string of the molecule is CC(C)C(=O)/C=C/C1CCC2C3C(CC[C@]12C)[C@@]1(C)CCC2(C[C@@H]1C[C@H]3O)OCCO2. The van der Waals surface area contributed by atoms with Crippen molar-refractivity contribution >= 4 is 5.78 Å². The van der Waals surface area contributed by atoms with Crippen LogP contribution in [0.2, 0.25) is 0 Å². The molecule has 4 nitrogen and oxygen atoms in total. The average molecular weight is 431 g/mol. The number of aliphatic hydroxyl groups is 1. The third-order valence-electron chi connectivity index (χ3n) is 10.6. The summed E-state index contributed by atoms with van der Waals surface area (Å²) in [6, 6.07) is 0. The molecule has 1 N–H and O–H groups in total. The maximum atomic E-state index is 12.2. The second kappa shape index (κ2) is 7.67. The van der Waals surface area contributed by atoms with Gasteiger partial charge in [-0.3, -0.25) is 4.79 Å². The van der Waals surface area contributed by atoms with Crippen LogP contribution >= 0.6 is 0 Å². The highest BCUT2D eigenvalue weighted by molar-refractivity contribution is 5.91. The largest absolute Gasteiger partial charge is 0.393 e. The molecule has 0 radical (unpaired) electrons. The van der Waals surface area contributed by atoms with Gasteiger partial charge < -0.3 is 14.6 Å². The molecule has 174 valence electrons. The molecule has 0 amide bonds. The van der Waals surface area contributed by atoms with Crippen LogP contribution in [0, 0.1) is 46.3 Å². The number of allylic oxidation sites excluding steroid dienone is 2. The molecular weight excluding hydrogens is 388 g/mol. The van der Waals surface area contributed by atoms with Crippen LogP contribution < -0.4 is 0 Å². The predicted octanol–water partition coefficient (Wildman–Crippen LogP) is 5.14. The fraction of sp³-hybridized carbons (Fsp3) is 0.889. The zero-order chi connectivity index (χ0) is 22.0. The van der Waals surface area contributed by atoms with Crippen LogP contribution in [0.25, 0.3) is 0 Å². The van der Waals surface area contributed by atoms with Crippen molar-refractivity contribution in [2.24, 2.45) is 46.3 Å². The van der Waals surface area contributed by atoms with Gasteiger partial charge in [-0.2, -0.15) is 0 Å². The lowest BCUT2D eigenvalue weighted by atomic mass is 9.43. The zero-order valence-electron chi connectivity index (χ0n) is 19.9. The van der Waals surface area contributed by atoms with Gasteiger partial charge in [0.25, 0.3) is 0 Å². The summed E-state index contributed by atoms with van der Waals surface area (Å²) in [7, 11) is 0. The van der Waals surface area contributed by atoms with Crippen LogP contribution in [-0.4, -0.2) is 36.0 Å². The summed E-state index contributed by atoms with van der Waals surface area (Å²) in [6.07, 6.45) is 12.6. The van der Waals surface area contributed by atoms with Crippen molar-refractivity contribution in [1.82, 2.24) is 0 Å². The Labute approximate surface area is 188 Å². The number of rotatable bonds is 3. The van der Waals surface area contributed by atoms with Crippen molar-refractivity contribution in [3.05, 3.63) is 12.2 Å². The average Bonchev–Trinajstić information content (AvgIpc) is 3.32. The molecule has 5 aliphatic rings. The third kappa shape index (κ3) is 3.38. The fourth-order valence-electron chi connectivity index (χ4n) is 8.68. The van der Waals surface area contributed by atoms with Gasteiger partial charge in [0.05, 0.1) is 19.3 Å². The normalized spacial score (nSPS) is 48.7. The van der Waals surface area contributed by atoms with Crippen molar-refractivity contribution in [1.29, 1.82) is 0 Å². The minimum Gasteiger partial charge on any atom is -0.393 e. The quantitative estimate of drug-likeness (QED) is 0.630. The first-order valence-corrected chi connectivity index (χ1v) is 12.9. The number of hydrogen-bond donors (Lipinski definition) is 1. The second-order valence-corrected chi connectivity index (χ2v) is 12.3. The van der Waals surface area contributed by atoms with E-state index < -0.39 is 0 Å². The van der Waals surface area contributed by atoms with Crippen molar-refractivity contribution in [3.8, 4) is 0 Å². The number of carbonyl (C=O) groups excluding carboxylic acids is 1. The van der Waals surface area contributed by atoms with Crippen LogP contribution in [0.1, 0.15) is 79.1 Å². The molecule has 0 aromatic heterocycles. The Morgan fingerprint density at radius 2 is 1.71 bits per heavy atom. The molecule has 5 rings (SSSR count). The smallest absolute Gasteiger partial charge is 0.168 e. The van der Waals surface area contributed by atoms with Gasteiger partial charge in [0.15, 0.2) is 11.6 Å². The summed E-state index contributed by atoms with van der Waals surface area (Å²) in [5, 5.41) is 11.5. The number of ether oxygens (including phenoxy) is 2. The Morgan fingerprint density at radius 1 is 1.00 bits per heavy atom. The number of fused-ring (bicyclic) bond motifs is 5. The van der Waals surface area contributed by atoms with E-state index in [9.17, 15) is 9.90 Å². The van der Waals surface area contributed by atoms with E-state index in [0.717, 1.165) is 32.1 Å². The fourth-order valence-corrected chi connectivity index (χ4v) is 8.68. The van der Waals surface area contributed by atoms with Gasteiger partial charge in [0.2, 0.25) is 0 Å². The molecular formula is C27H42O4.